The van der Waals surface area contributed by atoms with Gasteiger partial charge in [0.1, 0.15) is 17.2 Å². The Bertz CT molecular complexity index is 730. The van der Waals surface area contributed by atoms with Crippen LogP contribution in [0, 0.1) is 0 Å². The summed E-state index contributed by atoms with van der Waals surface area (Å²) in [6.45, 7) is 2.23. The molecule has 2 N–H and O–H groups in total. The van der Waals surface area contributed by atoms with Crippen LogP contribution in [0.1, 0.15) is 38.4 Å². The molecule has 0 aliphatic heterocycles. The third kappa shape index (κ3) is 2.22. The lowest BCUT2D eigenvalue weighted by Crippen LogP contribution is -2.01. The number of fused-ring (bicyclic) bond motifs is 3. The van der Waals surface area contributed by atoms with E-state index in [0.29, 0.717) is 5.82 Å². The monoisotopic (exact) mass is 268 g/mol. The van der Waals surface area contributed by atoms with Crippen LogP contribution in [0.5, 0.6) is 0 Å². The number of unbranched alkanes of at least 4 members (excludes halogenated alkanes) is 3. The number of aromatic nitrogens is 3. The molecule has 4 nitrogen and oxygen atoms in total. The molecule has 104 valence electrons. The van der Waals surface area contributed by atoms with Gasteiger partial charge in [-0.05, 0) is 18.6 Å². The first-order valence-electron chi connectivity index (χ1n) is 7.32. The zero-order valence-electron chi connectivity index (χ0n) is 11.8. The van der Waals surface area contributed by atoms with Crippen LogP contribution in [0.15, 0.2) is 30.5 Å². The van der Waals surface area contributed by atoms with Gasteiger partial charge in [0.25, 0.3) is 0 Å². The van der Waals surface area contributed by atoms with Crippen LogP contribution in [0.4, 0.5) is 5.82 Å². The van der Waals surface area contributed by atoms with Crippen molar-refractivity contribution in [3.63, 3.8) is 0 Å². The third-order valence-corrected chi connectivity index (χ3v) is 3.71. The average molecular weight is 268 g/mol. The highest BCUT2D eigenvalue weighted by Gasteiger charge is 2.10. The van der Waals surface area contributed by atoms with Gasteiger partial charge in [0.15, 0.2) is 0 Å². The maximum atomic E-state index is 6.04. The van der Waals surface area contributed by atoms with Gasteiger partial charge in [-0.1, -0.05) is 38.3 Å². The van der Waals surface area contributed by atoms with Gasteiger partial charge in [-0.3, -0.25) is 4.40 Å². The summed E-state index contributed by atoms with van der Waals surface area (Å²) in [5.41, 5.74) is 8.96. The van der Waals surface area contributed by atoms with Crippen LogP contribution in [-0.4, -0.2) is 14.4 Å². The zero-order valence-corrected chi connectivity index (χ0v) is 11.8. The van der Waals surface area contributed by atoms with Crippen LogP contribution >= 0.6 is 0 Å². The molecule has 0 amide bonds. The Kier molecular flexibility index (Phi) is 3.54. The summed E-state index contributed by atoms with van der Waals surface area (Å²) in [4.78, 5) is 8.99. The van der Waals surface area contributed by atoms with E-state index in [1.54, 1.807) is 0 Å². The van der Waals surface area contributed by atoms with Crippen molar-refractivity contribution in [3.05, 3.63) is 36.3 Å². The highest BCUT2D eigenvalue weighted by molar-refractivity contribution is 5.83. The quantitative estimate of drug-likeness (QED) is 0.719. The predicted octanol–water partition coefficient (Wildman–Crippen LogP) is 3.59. The molecule has 2 heterocycles. The maximum Gasteiger partial charge on any atom is 0.150 e. The van der Waals surface area contributed by atoms with Gasteiger partial charge < -0.3 is 5.73 Å². The minimum atomic E-state index is 0.552. The van der Waals surface area contributed by atoms with Crippen LogP contribution in [0.25, 0.3) is 16.6 Å². The molecular formula is C16H20N4. The normalized spacial score (nSPS) is 11.4. The highest BCUT2D eigenvalue weighted by Crippen LogP contribution is 2.22. The average Bonchev–Trinajstić information content (AvgIpc) is 2.89. The number of benzene rings is 1. The molecule has 20 heavy (non-hydrogen) atoms. The van der Waals surface area contributed by atoms with Gasteiger partial charge in [0.2, 0.25) is 0 Å². The van der Waals surface area contributed by atoms with Gasteiger partial charge in [0, 0.05) is 6.42 Å². The second-order valence-corrected chi connectivity index (χ2v) is 5.19. The van der Waals surface area contributed by atoms with E-state index in [-0.39, 0.29) is 0 Å². The molecule has 0 saturated heterocycles. The summed E-state index contributed by atoms with van der Waals surface area (Å²) in [5, 5.41) is 0. The highest BCUT2D eigenvalue weighted by atomic mass is 15.1. The number of para-hydroxylation sites is 2. The molecule has 0 saturated carbocycles. The Balaban J connectivity index is 2.05. The molecule has 0 bridgehead atoms. The van der Waals surface area contributed by atoms with Crippen LogP contribution in [0.3, 0.4) is 0 Å². The lowest BCUT2D eigenvalue weighted by atomic mass is 10.1. The Labute approximate surface area is 118 Å². The Hall–Kier alpha value is -2.10. The van der Waals surface area contributed by atoms with Crippen molar-refractivity contribution < 1.29 is 0 Å². The smallest absolute Gasteiger partial charge is 0.150 e. The molecule has 0 fully saturated rings. The summed E-state index contributed by atoms with van der Waals surface area (Å²) >= 11 is 0. The molecule has 0 spiro atoms. The minimum absolute atomic E-state index is 0.552. The molecule has 0 aliphatic rings. The molecule has 2 aromatic heterocycles. The number of imidazole rings is 1. The van der Waals surface area contributed by atoms with Crippen molar-refractivity contribution in [2.24, 2.45) is 0 Å². The Morgan fingerprint density at radius 2 is 1.95 bits per heavy atom. The first kappa shape index (κ1) is 12.9. The van der Waals surface area contributed by atoms with E-state index in [4.69, 9.17) is 5.73 Å². The van der Waals surface area contributed by atoms with E-state index in [2.05, 4.69) is 27.4 Å². The number of nitrogens with two attached hydrogens (primary N) is 1. The Morgan fingerprint density at radius 3 is 2.80 bits per heavy atom. The molecule has 0 radical (unpaired) electrons. The zero-order chi connectivity index (χ0) is 13.9. The molecule has 0 atom stereocenters. The first-order valence-corrected chi connectivity index (χ1v) is 7.32. The van der Waals surface area contributed by atoms with E-state index in [1.165, 1.54) is 25.7 Å². The summed E-state index contributed by atoms with van der Waals surface area (Å²) in [5.74, 6) is 1.64. The second-order valence-electron chi connectivity index (χ2n) is 5.19. The fraction of sp³-hybridized carbons (Fsp3) is 0.375. The van der Waals surface area contributed by atoms with Gasteiger partial charge >= 0.3 is 0 Å². The molecule has 0 unspecified atom stereocenters. The second kappa shape index (κ2) is 5.49. The topological polar surface area (TPSA) is 56.2 Å². The fourth-order valence-corrected chi connectivity index (χ4v) is 2.66. The molecule has 3 rings (SSSR count). The van der Waals surface area contributed by atoms with E-state index < -0.39 is 0 Å². The maximum absolute atomic E-state index is 6.04. The number of hydrogen-bond donors (Lipinski definition) is 1. The van der Waals surface area contributed by atoms with Crippen molar-refractivity contribution in [3.8, 4) is 0 Å². The summed E-state index contributed by atoms with van der Waals surface area (Å²) < 4.78 is 2.16. The number of aryl methyl sites for hydroxylation is 1. The fourth-order valence-electron chi connectivity index (χ4n) is 2.66. The third-order valence-electron chi connectivity index (χ3n) is 3.71. The number of hydrogen-bond acceptors (Lipinski definition) is 3. The van der Waals surface area contributed by atoms with E-state index in [1.807, 2.05) is 24.4 Å². The van der Waals surface area contributed by atoms with Crippen LogP contribution < -0.4 is 5.73 Å². The SMILES string of the molecule is CCCCCCc1ncc2c(N)nc3ccccc3n12. The molecule has 0 aliphatic carbocycles. The van der Waals surface area contributed by atoms with Gasteiger partial charge in [-0.15, -0.1) is 0 Å². The van der Waals surface area contributed by atoms with Crippen molar-refractivity contribution in [1.82, 2.24) is 14.4 Å². The Morgan fingerprint density at radius 1 is 1.10 bits per heavy atom. The number of nitrogen functional groups attached to an aromatic ring is 1. The van der Waals surface area contributed by atoms with Gasteiger partial charge in [-0.2, -0.15) is 0 Å². The summed E-state index contributed by atoms with van der Waals surface area (Å²) in [6.07, 6.45) is 7.79. The minimum Gasteiger partial charge on any atom is -0.382 e. The van der Waals surface area contributed by atoms with Crippen LogP contribution in [-0.2, 0) is 6.42 Å². The van der Waals surface area contributed by atoms with E-state index in [9.17, 15) is 0 Å². The molecule has 4 heteroatoms. The standard InChI is InChI=1S/C16H20N4/c1-2-3-4-5-10-15-18-11-14-16(17)19-12-8-6-7-9-13(12)20(14)15/h6-9,11H,2-5,10H2,1H3,(H2,17,19). The van der Waals surface area contributed by atoms with E-state index >= 15 is 0 Å². The number of anilines is 1. The first-order chi connectivity index (χ1) is 9.81. The van der Waals surface area contributed by atoms with Crippen molar-refractivity contribution >= 4 is 22.4 Å². The molecule has 1 aromatic carbocycles. The predicted molar refractivity (Wildman–Crippen MR) is 82.8 cm³/mol. The summed E-state index contributed by atoms with van der Waals surface area (Å²) in [6, 6.07) is 8.08. The van der Waals surface area contributed by atoms with Crippen molar-refractivity contribution in [2.75, 3.05) is 5.73 Å². The lowest BCUT2D eigenvalue weighted by molar-refractivity contribution is 0.652. The molecular weight excluding hydrogens is 248 g/mol. The van der Waals surface area contributed by atoms with Gasteiger partial charge in [0.05, 0.1) is 17.2 Å². The number of nitrogens with zero attached hydrogens (tertiary/aromatic N) is 3. The van der Waals surface area contributed by atoms with Crippen LogP contribution in [0.2, 0.25) is 0 Å². The van der Waals surface area contributed by atoms with Crippen molar-refractivity contribution in [2.45, 2.75) is 39.0 Å². The lowest BCUT2D eigenvalue weighted by Gasteiger charge is -2.07. The van der Waals surface area contributed by atoms with E-state index in [0.717, 1.165) is 28.8 Å². The molecule has 3 aromatic rings. The van der Waals surface area contributed by atoms with Crippen molar-refractivity contribution in [1.29, 1.82) is 0 Å². The summed E-state index contributed by atoms with van der Waals surface area (Å²) in [7, 11) is 0. The number of rotatable bonds is 5. The largest absolute Gasteiger partial charge is 0.382 e. The van der Waals surface area contributed by atoms with Gasteiger partial charge in [-0.25, -0.2) is 9.97 Å².